The van der Waals surface area contributed by atoms with Crippen LogP contribution in [0.5, 0.6) is 0 Å². The van der Waals surface area contributed by atoms with Gasteiger partial charge in [-0.2, -0.15) is 0 Å². The number of ketones is 2. The zero-order valence-electron chi connectivity index (χ0n) is 11.2. The van der Waals surface area contributed by atoms with E-state index in [1.54, 1.807) is 13.2 Å². The molecule has 0 bridgehead atoms. The molecule has 0 fully saturated rings. The van der Waals surface area contributed by atoms with E-state index in [-0.39, 0.29) is 0 Å². The molecule has 0 saturated heterocycles. The van der Waals surface area contributed by atoms with Gasteiger partial charge in [-0.25, -0.2) is 0 Å². The molecule has 3 nitrogen and oxygen atoms in total. The summed E-state index contributed by atoms with van der Waals surface area (Å²) in [6, 6.07) is 3.93. The van der Waals surface area contributed by atoms with Crippen LogP contribution in [0.4, 0.5) is 0 Å². The van der Waals surface area contributed by atoms with Gasteiger partial charge in [-0.3, -0.25) is 9.59 Å². The zero-order valence-corrected chi connectivity index (χ0v) is 11.2. The topological polar surface area (TPSA) is 43.4 Å². The second-order valence-electron chi connectivity index (χ2n) is 4.91. The van der Waals surface area contributed by atoms with E-state index in [4.69, 9.17) is 4.74 Å². The summed E-state index contributed by atoms with van der Waals surface area (Å²) in [5, 5.41) is 0. The van der Waals surface area contributed by atoms with Crippen LogP contribution in [0.3, 0.4) is 0 Å². The molecule has 0 N–H and O–H groups in total. The Morgan fingerprint density at radius 2 is 1.79 bits per heavy atom. The van der Waals surface area contributed by atoms with E-state index in [1.165, 1.54) is 0 Å². The fraction of sp³-hybridized carbons (Fsp3) is 0.250. The molecule has 0 saturated carbocycles. The summed E-state index contributed by atoms with van der Waals surface area (Å²) in [7, 11) is 0. The molecule has 96 valence electrons. The van der Waals surface area contributed by atoms with Gasteiger partial charge in [-0.05, 0) is 37.0 Å². The van der Waals surface area contributed by atoms with Crippen LogP contribution < -0.4 is 0 Å². The molecule has 0 aromatic heterocycles. The highest BCUT2D eigenvalue weighted by atomic mass is 16.5. The average Bonchev–Trinajstić information content (AvgIpc) is 2.43. The van der Waals surface area contributed by atoms with Crippen LogP contribution >= 0.6 is 0 Å². The Kier molecular flexibility index (Phi) is 2.45. The molecule has 0 radical (unpaired) electrons. The standard InChI is InChI=1S/C16H14O3/c1-4-10-5-6-11-8(2)7-19-16-9(3)14(17)15(18)12(10)13(11)16/h5-7H,4H2,1-3H3. The molecule has 1 aromatic carbocycles. The Morgan fingerprint density at radius 1 is 1.05 bits per heavy atom. The van der Waals surface area contributed by atoms with E-state index < -0.39 is 11.6 Å². The number of carbonyl (C=O) groups is 2. The van der Waals surface area contributed by atoms with Gasteiger partial charge < -0.3 is 4.74 Å². The maximum Gasteiger partial charge on any atom is 0.234 e. The number of aryl methyl sites for hydroxylation is 1. The highest BCUT2D eigenvalue weighted by Gasteiger charge is 2.36. The molecule has 0 spiro atoms. The average molecular weight is 254 g/mol. The number of rotatable bonds is 1. The van der Waals surface area contributed by atoms with E-state index in [0.29, 0.717) is 16.9 Å². The number of ether oxygens (including phenoxy) is 1. The van der Waals surface area contributed by atoms with Crippen molar-refractivity contribution < 1.29 is 14.3 Å². The summed E-state index contributed by atoms with van der Waals surface area (Å²) in [6.45, 7) is 5.57. The van der Waals surface area contributed by atoms with Gasteiger partial charge in [-0.1, -0.05) is 19.1 Å². The van der Waals surface area contributed by atoms with Crippen LogP contribution in [0.25, 0.3) is 11.3 Å². The number of hydrogen-bond donors (Lipinski definition) is 0. The lowest BCUT2D eigenvalue weighted by atomic mass is 9.81. The monoisotopic (exact) mass is 254 g/mol. The normalized spacial score (nSPS) is 17.1. The van der Waals surface area contributed by atoms with Crippen molar-refractivity contribution in [2.24, 2.45) is 0 Å². The molecule has 1 aliphatic carbocycles. The Balaban J connectivity index is 2.46. The summed E-state index contributed by atoms with van der Waals surface area (Å²) < 4.78 is 5.57. The van der Waals surface area contributed by atoms with Crippen molar-refractivity contribution in [1.82, 2.24) is 0 Å². The quantitative estimate of drug-likeness (QED) is 0.723. The number of benzene rings is 1. The Bertz CT molecular complexity index is 690. The van der Waals surface area contributed by atoms with Crippen LogP contribution in [0, 0.1) is 0 Å². The summed E-state index contributed by atoms with van der Waals surface area (Å²) in [5.41, 5.74) is 4.57. The second-order valence-corrected chi connectivity index (χ2v) is 4.91. The van der Waals surface area contributed by atoms with Crippen LogP contribution in [0.15, 0.2) is 24.0 Å². The lowest BCUT2D eigenvalue weighted by Gasteiger charge is -2.27. The first-order valence-electron chi connectivity index (χ1n) is 6.36. The molecule has 1 aliphatic heterocycles. The largest absolute Gasteiger partial charge is 0.464 e. The van der Waals surface area contributed by atoms with Gasteiger partial charge in [-0.15, -0.1) is 0 Å². The van der Waals surface area contributed by atoms with Gasteiger partial charge in [0.15, 0.2) is 0 Å². The van der Waals surface area contributed by atoms with Crippen LogP contribution in [0.1, 0.15) is 47.8 Å². The van der Waals surface area contributed by atoms with Gasteiger partial charge in [0.2, 0.25) is 11.6 Å². The van der Waals surface area contributed by atoms with E-state index in [0.717, 1.165) is 28.7 Å². The summed E-state index contributed by atoms with van der Waals surface area (Å²) in [6.07, 6.45) is 2.36. The number of hydrogen-bond acceptors (Lipinski definition) is 3. The maximum absolute atomic E-state index is 12.3. The highest BCUT2D eigenvalue weighted by Crippen LogP contribution is 2.40. The third kappa shape index (κ3) is 1.44. The minimum atomic E-state index is -0.456. The van der Waals surface area contributed by atoms with Gasteiger partial charge in [0.1, 0.15) is 5.76 Å². The maximum atomic E-state index is 12.3. The van der Waals surface area contributed by atoms with Crippen LogP contribution in [-0.2, 0) is 16.0 Å². The number of allylic oxidation sites excluding steroid dienone is 2. The van der Waals surface area contributed by atoms with Crippen molar-refractivity contribution in [2.45, 2.75) is 27.2 Å². The third-order valence-electron chi connectivity index (χ3n) is 3.79. The van der Waals surface area contributed by atoms with Crippen LogP contribution in [-0.4, -0.2) is 11.6 Å². The predicted molar refractivity (Wildman–Crippen MR) is 72.5 cm³/mol. The number of carbonyl (C=O) groups excluding carboxylic acids is 2. The predicted octanol–water partition coefficient (Wildman–Crippen LogP) is 3.14. The van der Waals surface area contributed by atoms with Crippen molar-refractivity contribution in [2.75, 3.05) is 0 Å². The van der Waals surface area contributed by atoms with E-state index in [2.05, 4.69) is 0 Å². The first-order valence-corrected chi connectivity index (χ1v) is 6.36. The molecule has 3 rings (SSSR count). The first-order chi connectivity index (χ1) is 9.06. The van der Waals surface area contributed by atoms with Crippen molar-refractivity contribution in [3.63, 3.8) is 0 Å². The summed E-state index contributed by atoms with van der Waals surface area (Å²) >= 11 is 0. The smallest absolute Gasteiger partial charge is 0.234 e. The molecule has 3 heteroatoms. The SMILES string of the molecule is CCc1ccc2c3c1C(=O)C(=O)C(C)=C3OC=C2C. The number of Topliss-reactive ketones (excluding diaryl/α,β-unsaturated/α-hetero) is 2. The molecule has 2 aliphatic rings. The molecule has 19 heavy (non-hydrogen) atoms. The minimum absolute atomic E-state index is 0.399. The Morgan fingerprint density at radius 3 is 2.47 bits per heavy atom. The lowest BCUT2D eigenvalue weighted by Crippen LogP contribution is -2.26. The lowest BCUT2D eigenvalue weighted by molar-refractivity contribution is -0.111. The van der Waals surface area contributed by atoms with E-state index >= 15 is 0 Å². The minimum Gasteiger partial charge on any atom is -0.464 e. The molecule has 1 heterocycles. The summed E-state index contributed by atoms with van der Waals surface area (Å²) in [4.78, 5) is 24.3. The van der Waals surface area contributed by atoms with Gasteiger partial charge in [0.05, 0.1) is 6.26 Å². The molecule has 0 atom stereocenters. The third-order valence-corrected chi connectivity index (χ3v) is 3.79. The van der Waals surface area contributed by atoms with Crippen molar-refractivity contribution >= 4 is 22.9 Å². The zero-order chi connectivity index (χ0) is 13.7. The molecule has 0 amide bonds. The van der Waals surface area contributed by atoms with Crippen LogP contribution in [0.2, 0.25) is 0 Å². The molecular weight excluding hydrogens is 240 g/mol. The highest BCUT2D eigenvalue weighted by molar-refractivity contribution is 6.52. The van der Waals surface area contributed by atoms with Gasteiger partial charge in [0, 0.05) is 16.7 Å². The molecule has 1 aromatic rings. The molecular formula is C16H14O3. The Hall–Kier alpha value is -2.16. The Labute approximate surface area is 111 Å². The van der Waals surface area contributed by atoms with Crippen molar-refractivity contribution in [1.29, 1.82) is 0 Å². The molecule has 0 unspecified atom stereocenters. The second kappa shape index (κ2) is 3.92. The first kappa shape index (κ1) is 11.9. The van der Waals surface area contributed by atoms with E-state index in [1.807, 2.05) is 26.0 Å². The van der Waals surface area contributed by atoms with Gasteiger partial charge >= 0.3 is 0 Å². The fourth-order valence-corrected chi connectivity index (χ4v) is 2.70. The van der Waals surface area contributed by atoms with Gasteiger partial charge in [0.25, 0.3) is 0 Å². The van der Waals surface area contributed by atoms with Crippen molar-refractivity contribution in [3.8, 4) is 0 Å². The summed E-state index contributed by atoms with van der Waals surface area (Å²) in [5.74, 6) is -0.328. The van der Waals surface area contributed by atoms with E-state index in [9.17, 15) is 9.59 Å². The van der Waals surface area contributed by atoms with Crippen molar-refractivity contribution in [3.05, 3.63) is 46.2 Å². The fourth-order valence-electron chi connectivity index (χ4n) is 2.70.